The van der Waals surface area contributed by atoms with Crippen LogP contribution in [-0.4, -0.2) is 23.8 Å². The van der Waals surface area contributed by atoms with E-state index in [9.17, 15) is 0 Å². The average molecular weight is 210 g/mol. The minimum atomic E-state index is 0.611. The summed E-state index contributed by atoms with van der Waals surface area (Å²) < 4.78 is 0. The number of hydrogen-bond acceptors (Lipinski definition) is 2. The van der Waals surface area contributed by atoms with Crippen molar-refractivity contribution in [3.63, 3.8) is 0 Å². The number of benzene rings is 1. The van der Waals surface area contributed by atoms with E-state index in [4.69, 9.17) is 11.6 Å². The van der Waals surface area contributed by atoms with E-state index in [1.165, 1.54) is 5.56 Å². The summed E-state index contributed by atoms with van der Waals surface area (Å²) in [6.07, 6.45) is 1.01. The number of rotatable bonds is 3. The summed E-state index contributed by atoms with van der Waals surface area (Å²) in [6, 6.07) is 6.16. The lowest BCUT2D eigenvalue weighted by atomic mass is 10.1. The third-order valence-electron chi connectivity index (χ3n) is 2.24. The molecule has 1 heterocycles. The van der Waals surface area contributed by atoms with Gasteiger partial charge in [0.25, 0.3) is 0 Å². The van der Waals surface area contributed by atoms with Crippen molar-refractivity contribution in [2.24, 2.45) is 0 Å². The molecule has 0 unspecified atom stereocenters. The van der Waals surface area contributed by atoms with Gasteiger partial charge in [-0.15, -0.1) is 0 Å². The summed E-state index contributed by atoms with van der Waals surface area (Å²) >= 11 is 5.90. The molecule has 0 atom stereocenters. The van der Waals surface area contributed by atoms with E-state index in [-0.39, 0.29) is 0 Å². The fourth-order valence-corrected chi connectivity index (χ4v) is 1.65. The first kappa shape index (κ1) is 9.49. The Bertz CT molecular complexity index is 436. The summed E-state index contributed by atoms with van der Waals surface area (Å²) in [5.41, 5.74) is 2.21. The van der Waals surface area contributed by atoms with Gasteiger partial charge in [0, 0.05) is 5.39 Å². The smallest absolute Gasteiger partial charge is 0.132 e. The first-order chi connectivity index (χ1) is 6.81. The molecular formula is C10H12ClN3. The molecule has 4 heteroatoms. The predicted octanol–water partition coefficient (Wildman–Crippen LogP) is 1.98. The molecule has 1 aromatic carbocycles. The topological polar surface area (TPSA) is 40.7 Å². The van der Waals surface area contributed by atoms with Crippen molar-refractivity contribution in [2.75, 3.05) is 13.6 Å². The van der Waals surface area contributed by atoms with Crippen LogP contribution in [0.25, 0.3) is 10.9 Å². The van der Waals surface area contributed by atoms with Crippen LogP contribution < -0.4 is 5.32 Å². The summed E-state index contributed by atoms with van der Waals surface area (Å²) in [4.78, 5) is 0. The average Bonchev–Trinajstić information content (AvgIpc) is 2.57. The van der Waals surface area contributed by atoms with Gasteiger partial charge in [-0.2, -0.15) is 5.10 Å². The largest absolute Gasteiger partial charge is 0.319 e. The van der Waals surface area contributed by atoms with Gasteiger partial charge in [-0.3, -0.25) is 5.10 Å². The van der Waals surface area contributed by atoms with Gasteiger partial charge in [-0.1, -0.05) is 17.7 Å². The van der Waals surface area contributed by atoms with Crippen LogP contribution in [-0.2, 0) is 6.42 Å². The van der Waals surface area contributed by atoms with Crippen LogP contribution >= 0.6 is 11.6 Å². The van der Waals surface area contributed by atoms with Gasteiger partial charge in [0.05, 0.1) is 5.52 Å². The van der Waals surface area contributed by atoms with E-state index in [0.29, 0.717) is 5.15 Å². The van der Waals surface area contributed by atoms with Crippen molar-refractivity contribution in [3.05, 3.63) is 28.9 Å². The molecule has 1 aromatic heterocycles. The third-order valence-corrected chi connectivity index (χ3v) is 2.52. The Balaban J connectivity index is 2.32. The molecule has 0 amide bonds. The van der Waals surface area contributed by atoms with E-state index in [1.54, 1.807) is 0 Å². The van der Waals surface area contributed by atoms with Crippen LogP contribution in [0.15, 0.2) is 18.2 Å². The van der Waals surface area contributed by atoms with E-state index < -0.39 is 0 Å². The van der Waals surface area contributed by atoms with Gasteiger partial charge in [-0.25, -0.2) is 0 Å². The Morgan fingerprint density at radius 2 is 2.36 bits per heavy atom. The van der Waals surface area contributed by atoms with Gasteiger partial charge < -0.3 is 5.32 Å². The lowest BCUT2D eigenvalue weighted by molar-refractivity contribution is 0.792. The number of nitrogens with zero attached hydrogens (tertiary/aromatic N) is 1. The molecule has 2 rings (SSSR count). The molecule has 14 heavy (non-hydrogen) atoms. The fourth-order valence-electron chi connectivity index (χ4n) is 1.45. The molecule has 0 aliphatic heterocycles. The highest BCUT2D eigenvalue weighted by Gasteiger charge is 2.02. The number of H-pyrrole nitrogens is 1. The second-order valence-electron chi connectivity index (χ2n) is 3.24. The zero-order valence-electron chi connectivity index (χ0n) is 7.97. The summed E-state index contributed by atoms with van der Waals surface area (Å²) in [7, 11) is 1.95. The lowest BCUT2D eigenvalue weighted by Gasteiger charge is -1.99. The lowest BCUT2D eigenvalue weighted by Crippen LogP contribution is -2.10. The van der Waals surface area contributed by atoms with Gasteiger partial charge >= 0.3 is 0 Å². The highest BCUT2D eigenvalue weighted by Crippen LogP contribution is 2.21. The SMILES string of the molecule is CNCCc1ccc2c(Cl)[nH]nc2c1. The number of aromatic amines is 1. The minimum Gasteiger partial charge on any atom is -0.319 e. The van der Waals surface area contributed by atoms with E-state index >= 15 is 0 Å². The normalized spacial score (nSPS) is 11.0. The maximum Gasteiger partial charge on any atom is 0.132 e. The van der Waals surface area contributed by atoms with Crippen LogP contribution in [0.3, 0.4) is 0 Å². The second kappa shape index (κ2) is 3.98. The maximum absolute atomic E-state index is 5.90. The Hall–Kier alpha value is -1.06. The van der Waals surface area contributed by atoms with Crippen LogP contribution in [0.1, 0.15) is 5.56 Å². The van der Waals surface area contributed by atoms with Crippen LogP contribution in [0.4, 0.5) is 0 Å². The number of nitrogens with one attached hydrogen (secondary N) is 2. The van der Waals surface area contributed by atoms with Gasteiger partial charge in [0.2, 0.25) is 0 Å². The summed E-state index contributed by atoms with van der Waals surface area (Å²) in [5.74, 6) is 0. The van der Waals surface area contributed by atoms with Crippen molar-refractivity contribution < 1.29 is 0 Å². The first-order valence-electron chi connectivity index (χ1n) is 4.58. The Morgan fingerprint density at radius 3 is 3.14 bits per heavy atom. The summed E-state index contributed by atoms with van der Waals surface area (Å²) in [6.45, 7) is 0.976. The first-order valence-corrected chi connectivity index (χ1v) is 4.96. The zero-order chi connectivity index (χ0) is 9.97. The number of fused-ring (bicyclic) bond motifs is 1. The van der Waals surface area contributed by atoms with E-state index in [0.717, 1.165) is 23.9 Å². The molecule has 0 saturated carbocycles. The fraction of sp³-hybridized carbons (Fsp3) is 0.300. The predicted molar refractivity (Wildman–Crippen MR) is 58.7 cm³/mol. The molecule has 0 aliphatic rings. The van der Waals surface area contributed by atoms with Crippen LogP contribution in [0, 0.1) is 0 Å². The monoisotopic (exact) mass is 209 g/mol. The summed E-state index contributed by atoms with van der Waals surface area (Å²) in [5, 5.41) is 11.6. The number of halogens is 1. The van der Waals surface area contributed by atoms with Crippen molar-refractivity contribution in [1.82, 2.24) is 15.5 Å². The van der Waals surface area contributed by atoms with Crippen LogP contribution in [0.5, 0.6) is 0 Å². The minimum absolute atomic E-state index is 0.611. The molecule has 0 aliphatic carbocycles. The second-order valence-corrected chi connectivity index (χ2v) is 3.62. The molecule has 74 valence electrons. The number of likely N-dealkylation sites (N-methyl/N-ethyl adjacent to an activating group) is 1. The molecule has 0 radical (unpaired) electrons. The van der Waals surface area contributed by atoms with Crippen molar-refractivity contribution in [1.29, 1.82) is 0 Å². The van der Waals surface area contributed by atoms with Crippen LogP contribution in [0.2, 0.25) is 5.15 Å². The molecule has 2 N–H and O–H groups in total. The highest BCUT2D eigenvalue weighted by molar-refractivity contribution is 6.34. The van der Waals surface area contributed by atoms with Crippen molar-refractivity contribution >= 4 is 22.5 Å². The van der Waals surface area contributed by atoms with Crippen molar-refractivity contribution in [2.45, 2.75) is 6.42 Å². The Kier molecular flexibility index (Phi) is 2.70. The molecule has 0 fully saturated rings. The number of hydrogen-bond donors (Lipinski definition) is 2. The molecule has 0 saturated heterocycles. The van der Waals surface area contributed by atoms with Gasteiger partial charge in [-0.05, 0) is 37.7 Å². The van der Waals surface area contributed by atoms with Gasteiger partial charge in [0.1, 0.15) is 5.15 Å². The maximum atomic E-state index is 5.90. The molecule has 0 bridgehead atoms. The van der Waals surface area contributed by atoms with E-state index in [1.807, 2.05) is 13.1 Å². The van der Waals surface area contributed by atoms with E-state index in [2.05, 4.69) is 27.6 Å². The Morgan fingerprint density at radius 1 is 1.50 bits per heavy atom. The zero-order valence-corrected chi connectivity index (χ0v) is 8.73. The van der Waals surface area contributed by atoms with Gasteiger partial charge in [0.15, 0.2) is 0 Å². The molecule has 0 spiro atoms. The standard InChI is InChI=1S/C10H12ClN3/c1-12-5-4-7-2-3-8-9(6-7)13-14-10(8)11/h2-3,6,12H,4-5H2,1H3,(H,13,14). The van der Waals surface area contributed by atoms with Crippen molar-refractivity contribution in [3.8, 4) is 0 Å². The third kappa shape index (κ3) is 1.74. The molecular weight excluding hydrogens is 198 g/mol. The number of aromatic nitrogens is 2. The highest BCUT2D eigenvalue weighted by atomic mass is 35.5. The molecule has 2 aromatic rings. The molecule has 3 nitrogen and oxygen atoms in total. The quantitative estimate of drug-likeness (QED) is 0.812. The Labute approximate surface area is 87.5 Å².